The largest absolute Gasteiger partial charge is 0.497 e. The molecule has 216 valence electrons. The minimum Gasteiger partial charge on any atom is -0.497 e. The Bertz CT molecular complexity index is 1530. The number of nitrogens with one attached hydrogen (secondary N) is 2. The number of nitrogens with zero attached hydrogens (tertiary/aromatic N) is 3. The number of anilines is 3. The molecule has 0 saturated carbocycles. The number of aromatic nitrogens is 2. The minimum absolute atomic E-state index is 0.0600. The van der Waals surface area contributed by atoms with Crippen molar-refractivity contribution in [3.8, 4) is 16.9 Å². The molecule has 5 rings (SSSR count). The van der Waals surface area contributed by atoms with Crippen molar-refractivity contribution >= 4 is 28.1 Å². The van der Waals surface area contributed by atoms with Gasteiger partial charge in [0.15, 0.2) is 0 Å². The summed E-state index contributed by atoms with van der Waals surface area (Å²) in [7, 11) is 1.63. The Balaban J connectivity index is 1.41. The molecule has 0 amide bonds. The Labute approximate surface area is 241 Å². The average molecular weight is 558 g/mol. The van der Waals surface area contributed by atoms with Crippen molar-refractivity contribution in [3.63, 3.8) is 0 Å². The van der Waals surface area contributed by atoms with Gasteiger partial charge in [-0.3, -0.25) is 4.79 Å². The predicted molar refractivity (Wildman–Crippen MR) is 164 cm³/mol. The van der Waals surface area contributed by atoms with Gasteiger partial charge < -0.3 is 29.1 Å². The molecule has 41 heavy (non-hydrogen) atoms. The third-order valence-corrected chi connectivity index (χ3v) is 7.12. The van der Waals surface area contributed by atoms with Crippen LogP contribution in [-0.2, 0) is 22.7 Å². The minimum atomic E-state index is -0.0600. The molecular formula is C32H39N5O4. The summed E-state index contributed by atoms with van der Waals surface area (Å²) in [6, 6.07) is 18.0. The summed E-state index contributed by atoms with van der Waals surface area (Å²) < 4.78 is 12.8. The van der Waals surface area contributed by atoms with E-state index in [1.54, 1.807) is 11.7 Å². The third-order valence-electron chi connectivity index (χ3n) is 7.12. The second kappa shape index (κ2) is 13.2. The van der Waals surface area contributed by atoms with Crippen LogP contribution in [0.3, 0.4) is 0 Å². The molecule has 0 spiro atoms. The first-order valence-electron chi connectivity index (χ1n) is 14.2. The first kappa shape index (κ1) is 28.6. The topological polar surface area (TPSA) is 89.9 Å². The van der Waals surface area contributed by atoms with Crippen molar-refractivity contribution in [1.82, 2.24) is 15.0 Å². The van der Waals surface area contributed by atoms with Crippen molar-refractivity contribution < 1.29 is 14.3 Å². The molecule has 0 radical (unpaired) electrons. The van der Waals surface area contributed by atoms with Crippen molar-refractivity contribution in [1.29, 1.82) is 0 Å². The Kier molecular flexibility index (Phi) is 9.18. The SMILES string of the molecule is CCn1c(=O)c(-c2cc(CNOCC(C)C)cc(OC)c2)cc2cnc(Nc3ccc(N4CCOCC4)cc3)cc21. The molecule has 0 aliphatic carbocycles. The van der Waals surface area contributed by atoms with Gasteiger partial charge in [0.1, 0.15) is 11.6 Å². The first-order chi connectivity index (χ1) is 19.9. The second-order valence-corrected chi connectivity index (χ2v) is 10.6. The van der Waals surface area contributed by atoms with Crippen LogP contribution in [0.5, 0.6) is 5.75 Å². The summed E-state index contributed by atoms with van der Waals surface area (Å²) in [5.74, 6) is 1.80. The normalized spacial score (nSPS) is 13.6. The number of ether oxygens (including phenoxy) is 2. The van der Waals surface area contributed by atoms with E-state index in [9.17, 15) is 4.79 Å². The van der Waals surface area contributed by atoms with Crippen LogP contribution >= 0.6 is 0 Å². The van der Waals surface area contributed by atoms with Crippen LogP contribution in [0, 0.1) is 5.92 Å². The molecule has 4 aromatic rings. The molecule has 1 saturated heterocycles. The Hall–Kier alpha value is -3.92. The van der Waals surface area contributed by atoms with Gasteiger partial charge in [-0.05, 0) is 72.5 Å². The van der Waals surface area contributed by atoms with Crippen LogP contribution in [-0.4, -0.2) is 49.6 Å². The van der Waals surface area contributed by atoms with E-state index in [2.05, 4.69) is 58.8 Å². The molecule has 1 fully saturated rings. The lowest BCUT2D eigenvalue weighted by Crippen LogP contribution is -2.36. The number of fused-ring (bicyclic) bond motifs is 1. The summed E-state index contributed by atoms with van der Waals surface area (Å²) in [5, 5.41) is 4.28. The first-order valence-corrected chi connectivity index (χ1v) is 14.2. The van der Waals surface area contributed by atoms with Gasteiger partial charge in [-0.1, -0.05) is 13.8 Å². The quantitative estimate of drug-likeness (QED) is 0.189. The number of rotatable bonds is 11. The number of aryl methyl sites for hydroxylation is 1. The van der Waals surface area contributed by atoms with E-state index in [4.69, 9.17) is 14.3 Å². The van der Waals surface area contributed by atoms with E-state index in [1.807, 2.05) is 43.5 Å². The van der Waals surface area contributed by atoms with E-state index in [1.165, 1.54) is 5.69 Å². The fourth-order valence-corrected chi connectivity index (χ4v) is 4.98. The molecule has 0 atom stereocenters. The molecular weight excluding hydrogens is 518 g/mol. The molecule has 9 heteroatoms. The molecule has 0 unspecified atom stereocenters. The number of methoxy groups -OCH3 is 1. The summed E-state index contributed by atoms with van der Waals surface area (Å²) in [5.41, 5.74) is 8.25. The zero-order valence-corrected chi connectivity index (χ0v) is 24.3. The van der Waals surface area contributed by atoms with E-state index < -0.39 is 0 Å². The van der Waals surface area contributed by atoms with E-state index >= 15 is 0 Å². The van der Waals surface area contributed by atoms with Crippen LogP contribution in [0.4, 0.5) is 17.2 Å². The summed E-state index contributed by atoms with van der Waals surface area (Å²) >= 11 is 0. The number of morpholine rings is 1. The van der Waals surface area contributed by atoms with Crippen LogP contribution in [0.2, 0.25) is 0 Å². The van der Waals surface area contributed by atoms with E-state index in [0.29, 0.717) is 42.7 Å². The number of hydroxylamine groups is 1. The summed E-state index contributed by atoms with van der Waals surface area (Å²) in [6.45, 7) is 11.1. The highest BCUT2D eigenvalue weighted by Gasteiger charge is 2.15. The Morgan fingerprint density at radius 1 is 1.05 bits per heavy atom. The molecule has 9 nitrogen and oxygen atoms in total. The number of pyridine rings is 2. The van der Waals surface area contributed by atoms with Gasteiger partial charge >= 0.3 is 0 Å². The van der Waals surface area contributed by atoms with E-state index in [0.717, 1.165) is 54.0 Å². The molecule has 1 aliphatic rings. The highest BCUT2D eigenvalue weighted by molar-refractivity contribution is 5.86. The standard InChI is InChI=1S/C32H39N5O4/c1-5-37-30-18-31(35-26-6-8-27(9-7-26)36-10-12-40-13-11-36)33-20-25(30)17-29(32(37)38)24-14-23(15-28(16-24)39-4)19-34-41-21-22(2)3/h6-9,14-18,20,22,34H,5,10-13,19,21H2,1-4H3,(H,33,35). The zero-order valence-electron chi connectivity index (χ0n) is 24.3. The Morgan fingerprint density at radius 2 is 1.83 bits per heavy atom. The number of benzene rings is 2. The Morgan fingerprint density at radius 3 is 2.54 bits per heavy atom. The molecule has 0 bridgehead atoms. The number of hydrogen-bond donors (Lipinski definition) is 2. The van der Waals surface area contributed by atoms with Crippen molar-refractivity contribution in [2.45, 2.75) is 33.9 Å². The molecule has 2 N–H and O–H groups in total. The average Bonchev–Trinajstić information content (AvgIpc) is 2.99. The molecule has 1 aliphatic heterocycles. The smallest absolute Gasteiger partial charge is 0.258 e. The predicted octanol–water partition coefficient (Wildman–Crippen LogP) is 5.35. The van der Waals surface area contributed by atoms with Crippen molar-refractivity contribution in [2.24, 2.45) is 5.92 Å². The van der Waals surface area contributed by atoms with Gasteiger partial charge in [0.2, 0.25) is 0 Å². The lowest BCUT2D eigenvalue weighted by atomic mass is 10.0. The number of hydrogen-bond acceptors (Lipinski definition) is 8. The maximum atomic E-state index is 13.7. The van der Waals surface area contributed by atoms with Crippen LogP contribution in [0.25, 0.3) is 22.0 Å². The van der Waals surface area contributed by atoms with Crippen molar-refractivity contribution in [3.05, 3.63) is 76.7 Å². The monoisotopic (exact) mass is 557 g/mol. The third kappa shape index (κ3) is 6.87. The highest BCUT2D eigenvalue weighted by atomic mass is 16.6. The maximum Gasteiger partial charge on any atom is 0.258 e. The van der Waals surface area contributed by atoms with Gasteiger partial charge in [0.05, 0.1) is 32.4 Å². The van der Waals surface area contributed by atoms with Gasteiger partial charge in [0, 0.05) is 60.8 Å². The zero-order chi connectivity index (χ0) is 28.8. The van der Waals surface area contributed by atoms with Crippen LogP contribution < -0.4 is 26.0 Å². The lowest BCUT2D eigenvalue weighted by Gasteiger charge is -2.28. The van der Waals surface area contributed by atoms with Crippen LogP contribution in [0.15, 0.2) is 65.6 Å². The van der Waals surface area contributed by atoms with Gasteiger partial charge in [-0.15, -0.1) is 0 Å². The highest BCUT2D eigenvalue weighted by Crippen LogP contribution is 2.28. The van der Waals surface area contributed by atoms with Gasteiger partial charge in [0.25, 0.3) is 5.56 Å². The van der Waals surface area contributed by atoms with Crippen LogP contribution in [0.1, 0.15) is 26.3 Å². The molecule has 2 aromatic heterocycles. The van der Waals surface area contributed by atoms with Gasteiger partial charge in [-0.25, -0.2) is 4.98 Å². The van der Waals surface area contributed by atoms with E-state index in [-0.39, 0.29) is 5.56 Å². The second-order valence-electron chi connectivity index (χ2n) is 10.6. The maximum absolute atomic E-state index is 13.7. The summed E-state index contributed by atoms with van der Waals surface area (Å²) in [6.07, 6.45) is 1.82. The fourth-order valence-electron chi connectivity index (χ4n) is 4.98. The van der Waals surface area contributed by atoms with Gasteiger partial charge in [-0.2, -0.15) is 5.48 Å². The fraction of sp³-hybridized carbons (Fsp3) is 0.375. The van der Waals surface area contributed by atoms with Crippen molar-refractivity contribution in [2.75, 3.05) is 50.2 Å². The summed E-state index contributed by atoms with van der Waals surface area (Å²) in [4.78, 5) is 26.3. The molecule has 3 heterocycles. The molecule has 2 aromatic carbocycles. The lowest BCUT2D eigenvalue weighted by molar-refractivity contribution is 0.0196.